The summed E-state index contributed by atoms with van der Waals surface area (Å²) in [5.74, 6) is -0.389. The molecule has 2 aromatic carbocycles. The van der Waals surface area contributed by atoms with E-state index in [2.05, 4.69) is 30.3 Å². The van der Waals surface area contributed by atoms with Gasteiger partial charge in [0.25, 0.3) is 0 Å². The number of esters is 1. The number of aromatic nitrogens is 7. The summed E-state index contributed by atoms with van der Waals surface area (Å²) in [7, 11) is 2.77. The number of aliphatic hydroxyl groups excluding tert-OH is 1. The van der Waals surface area contributed by atoms with Crippen LogP contribution in [0, 0.1) is 0 Å². The highest BCUT2D eigenvalue weighted by molar-refractivity contribution is 6.09. The smallest absolute Gasteiger partial charge is 0.327 e. The number of nitrogens with zero attached hydrogens (tertiary/aromatic N) is 6. The van der Waals surface area contributed by atoms with Gasteiger partial charge < -0.3 is 19.6 Å². The predicted octanol–water partition coefficient (Wildman–Crippen LogP) is 1.98. The molecular weight excluding hydrogens is 426 g/mol. The molecule has 5 rings (SSSR count). The maximum absolute atomic E-state index is 11.5. The summed E-state index contributed by atoms with van der Waals surface area (Å²) in [4.78, 5) is 14.9. The number of rotatable bonds is 7. The van der Waals surface area contributed by atoms with Crippen LogP contribution >= 0.6 is 0 Å². The number of nitrogens with one attached hydrogen (secondary N) is 1. The fraction of sp³-hybridized carbons (Fsp3) is 0.227. The minimum Gasteiger partial charge on any atom is -0.468 e. The average Bonchev–Trinajstić information content (AvgIpc) is 3.56. The maximum atomic E-state index is 11.5. The van der Waals surface area contributed by atoms with E-state index in [4.69, 9.17) is 4.74 Å². The minimum atomic E-state index is -0.945. The minimum absolute atomic E-state index is 0.00425. The highest BCUT2D eigenvalue weighted by Gasteiger charge is 2.13. The van der Waals surface area contributed by atoms with Gasteiger partial charge in [-0.15, -0.1) is 10.2 Å². The lowest BCUT2D eigenvalue weighted by Gasteiger charge is -2.06. The Balaban J connectivity index is 1.50. The van der Waals surface area contributed by atoms with Crippen LogP contribution in [0.4, 0.5) is 0 Å². The Hall–Kier alpha value is -4.09. The SMILES string of the molecule is COC(=O)Cn1cc(-c2ccc3[nH]c4ccc(-c5cn(CC(O)OC)nn5)cc4c3c2)nn1. The third-order valence-corrected chi connectivity index (χ3v) is 5.40. The van der Waals surface area contributed by atoms with Crippen LogP contribution in [0.2, 0.25) is 0 Å². The first-order valence-corrected chi connectivity index (χ1v) is 10.2. The number of aromatic amines is 1. The van der Waals surface area contributed by atoms with Crippen LogP contribution in [0.1, 0.15) is 0 Å². The highest BCUT2D eigenvalue weighted by Crippen LogP contribution is 2.32. The molecule has 0 amide bonds. The summed E-state index contributed by atoms with van der Waals surface area (Å²) in [6.45, 7) is 0.198. The van der Waals surface area contributed by atoms with E-state index in [1.807, 2.05) is 36.4 Å². The van der Waals surface area contributed by atoms with E-state index in [1.54, 1.807) is 17.1 Å². The second-order valence-corrected chi connectivity index (χ2v) is 7.54. The van der Waals surface area contributed by atoms with Gasteiger partial charge in [0.2, 0.25) is 0 Å². The number of H-pyrrole nitrogens is 1. The molecule has 11 heteroatoms. The van der Waals surface area contributed by atoms with E-state index in [-0.39, 0.29) is 19.1 Å². The molecule has 3 aromatic heterocycles. The quantitative estimate of drug-likeness (QED) is 0.286. The van der Waals surface area contributed by atoms with Crippen molar-refractivity contribution in [1.82, 2.24) is 35.0 Å². The summed E-state index contributed by atoms with van der Waals surface area (Å²) in [5.41, 5.74) is 5.10. The lowest BCUT2D eigenvalue weighted by Crippen LogP contribution is -2.17. The molecule has 5 aromatic rings. The number of benzene rings is 2. The van der Waals surface area contributed by atoms with Crippen molar-refractivity contribution < 1.29 is 19.4 Å². The molecule has 33 heavy (non-hydrogen) atoms. The number of fused-ring (bicyclic) bond motifs is 3. The molecule has 0 spiro atoms. The monoisotopic (exact) mass is 447 g/mol. The fourth-order valence-electron chi connectivity index (χ4n) is 3.68. The van der Waals surface area contributed by atoms with Gasteiger partial charge >= 0.3 is 5.97 Å². The molecule has 0 aliphatic heterocycles. The summed E-state index contributed by atoms with van der Waals surface area (Å²) < 4.78 is 12.5. The molecular formula is C22H21N7O4. The molecule has 3 heterocycles. The number of hydrogen-bond acceptors (Lipinski definition) is 8. The average molecular weight is 447 g/mol. The van der Waals surface area contributed by atoms with Gasteiger partial charge in [-0.05, 0) is 24.3 Å². The Labute approximate surface area is 187 Å². The van der Waals surface area contributed by atoms with E-state index in [9.17, 15) is 9.90 Å². The third-order valence-electron chi connectivity index (χ3n) is 5.40. The van der Waals surface area contributed by atoms with E-state index in [1.165, 1.54) is 18.9 Å². The number of aliphatic hydroxyl groups is 1. The Morgan fingerprint density at radius 2 is 1.55 bits per heavy atom. The van der Waals surface area contributed by atoms with Crippen molar-refractivity contribution in [2.45, 2.75) is 19.4 Å². The zero-order chi connectivity index (χ0) is 22.9. The second-order valence-electron chi connectivity index (χ2n) is 7.54. The number of methoxy groups -OCH3 is 2. The molecule has 0 bridgehead atoms. The molecule has 0 aliphatic rings. The van der Waals surface area contributed by atoms with Gasteiger partial charge in [-0.2, -0.15) is 0 Å². The molecule has 168 valence electrons. The van der Waals surface area contributed by atoms with Crippen molar-refractivity contribution in [1.29, 1.82) is 0 Å². The van der Waals surface area contributed by atoms with Crippen molar-refractivity contribution in [3.05, 3.63) is 48.8 Å². The molecule has 11 nitrogen and oxygen atoms in total. The topological polar surface area (TPSA) is 133 Å². The van der Waals surface area contributed by atoms with Crippen LogP contribution in [0.3, 0.4) is 0 Å². The first-order chi connectivity index (χ1) is 16.0. The van der Waals surface area contributed by atoms with E-state index in [0.717, 1.165) is 32.9 Å². The molecule has 1 unspecified atom stereocenters. The van der Waals surface area contributed by atoms with Gasteiger partial charge in [0.05, 0.1) is 26.0 Å². The summed E-state index contributed by atoms with van der Waals surface area (Å²) >= 11 is 0. The van der Waals surface area contributed by atoms with Crippen LogP contribution in [-0.2, 0) is 27.4 Å². The van der Waals surface area contributed by atoms with Crippen LogP contribution in [0.5, 0.6) is 0 Å². The molecule has 1 atom stereocenters. The van der Waals surface area contributed by atoms with Crippen molar-refractivity contribution in [3.8, 4) is 22.5 Å². The second kappa shape index (κ2) is 8.45. The van der Waals surface area contributed by atoms with E-state index in [0.29, 0.717) is 11.4 Å². The number of ether oxygens (including phenoxy) is 2. The first kappa shape index (κ1) is 20.8. The first-order valence-electron chi connectivity index (χ1n) is 10.2. The van der Waals surface area contributed by atoms with Crippen molar-refractivity contribution >= 4 is 27.8 Å². The van der Waals surface area contributed by atoms with Crippen LogP contribution in [-0.4, -0.2) is 66.6 Å². The summed E-state index contributed by atoms with van der Waals surface area (Å²) in [5, 5.41) is 28.2. The Bertz CT molecular complexity index is 1450. The molecule has 2 N–H and O–H groups in total. The van der Waals surface area contributed by atoms with Gasteiger partial charge in [0.1, 0.15) is 17.9 Å². The molecule has 0 saturated carbocycles. The zero-order valence-electron chi connectivity index (χ0n) is 18.0. The van der Waals surface area contributed by atoms with E-state index < -0.39 is 6.29 Å². The Morgan fingerprint density at radius 3 is 2.12 bits per heavy atom. The standard InChI is InChI=1S/C22H21N7O4/c1-32-21(30)11-28-9-19(24-26-28)13-3-5-17-15(7-13)16-8-14(4-6-18(16)23-17)20-10-29(27-25-20)12-22(31)33-2/h3-10,21,23,30H,11-12H2,1-2H3. The zero-order valence-corrected chi connectivity index (χ0v) is 18.0. The predicted molar refractivity (Wildman–Crippen MR) is 119 cm³/mol. The lowest BCUT2D eigenvalue weighted by molar-refractivity contribution is -0.141. The van der Waals surface area contributed by atoms with Crippen molar-refractivity contribution in [3.63, 3.8) is 0 Å². The summed E-state index contributed by atoms with van der Waals surface area (Å²) in [6.07, 6.45) is 2.54. The Morgan fingerprint density at radius 1 is 0.970 bits per heavy atom. The largest absolute Gasteiger partial charge is 0.468 e. The van der Waals surface area contributed by atoms with Gasteiger partial charge in [-0.3, -0.25) is 4.79 Å². The molecule has 0 radical (unpaired) electrons. The van der Waals surface area contributed by atoms with Gasteiger partial charge in [0.15, 0.2) is 6.29 Å². The van der Waals surface area contributed by atoms with Crippen molar-refractivity contribution in [2.75, 3.05) is 14.2 Å². The van der Waals surface area contributed by atoms with E-state index >= 15 is 0 Å². The fourth-order valence-corrected chi connectivity index (χ4v) is 3.68. The van der Waals surface area contributed by atoms with Crippen LogP contribution < -0.4 is 0 Å². The third kappa shape index (κ3) is 4.06. The Kier molecular flexibility index (Phi) is 5.32. The van der Waals surface area contributed by atoms with Crippen molar-refractivity contribution in [2.24, 2.45) is 0 Å². The molecule has 0 aliphatic carbocycles. The molecule has 0 fully saturated rings. The lowest BCUT2D eigenvalue weighted by atomic mass is 10.0. The number of carbonyl (C=O) groups excluding carboxylic acids is 1. The van der Waals surface area contributed by atoms with Gasteiger partial charge in [0, 0.05) is 40.0 Å². The maximum Gasteiger partial charge on any atom is 0.327 e. The highest BCUT2D eigenvalue weighted by atomic mass is 16.6. The normalized spacial score (nSPS) is 12.5. The number of hydrogen-bond donors (Lipinski definition) is 2. The summed E-state index contributed by atoms with van der Waals surface area (Å²) in [6, 6.07) is 12.0. The van der Waals surface area contributed by atoms with Gasteiger partial charge in [-0.1, -0.05) is 22.6 Å². The van der Waals surface area contributed by atoms with Crippen LogP contribution in [0.15, 0.2) is 48.8 Å². The van der Waals surface area contributed by atoms with Crippen LogP contribution in [0.25, 0.3) is 44.3 Å². The van der Waals surface area contributed by atoms with Gasteiger partial charge in [-0.25, -0.2) is 9.36 Å². The number of carbonyl (C=O) groups is 1. The molecule has 0 saturated heterocycles.